The van der Waals surface area contributed by atoms with Crippen LogP contribution < -0.4 is 10.1 Å². The molecule has 0 heterocycles. The van der Waals surface area contributed by atoms with Crippen LogP contribution in [0, 0.1) is 6.92 Å². The summed E-state index contributed by atoms with van der Waals surface area (Å²) in [7, 11) is 1.30. The van der Waals surface area contributed by atoms with Gasteiger partial charge in [-0.2, -0.15) is 0 Å². The van der Waals surface area contributed by atoms with Crippen molar-refractivity contribution in [3.63, 3.8) is 0 Å². The fourth-order valence-electron chi connectivity index (χ4n) is 1.31. The lowest BCUT2D eigenvalue weighted by molar-refractivity contribution is -0.140. The van der Waals surface area contributed by atoms with Gasteiger partial charge in [0, 0.05) is 11.6 Å². The number of carbonyl (C=O) groups excluding carboxylic acids is 2. The Balaban J connectivity index is 2.30. The second kappa shape index (κ2) is 7.63. The molecule has 0 aliphatic heterocycles. The Morgan fingerprint density at radius 3 is 2.74 bits per heavy atom. The molecule has 0 saturated heterocycles. The maximum absolute atomic E-state index is 11.4. The lowest BCUT2D eigenvalue weighted by atomic mass is 10.2. The monoisotopic (exact) mass is 285 g/mol. The van der Waals surface area contributed by atoms with Gasteiger partial charge >= 0.3 is 5.97 Å². The summed E-state index contributed by atoms with van der Waals surface area (Å²) in [6, 6.07) is 5.16. The number of carbonyl (C=O) groups is 2. The van der Waals surface area contributed by atoms with Crippen LogP contribution in [0.25, 0.3) is 0 Å². The van der Waals surface area contributed by atoms with E-state index in [1.165, 1.54) is 7.11 Å². The highest BCUT2D eigenvalue weighted by atomic mass is 35.5. The van der Waals surface area contributed by atoms with E-state index in [0.29, 0.717) is 10.8 Å². The van der Waals surface area contributed by atoms with Crippen molar-refractivity contribution in [3.8, 4) is 5.75 Å². The summed E-state index contributed by atoms with van der Waals surface area (Å²) in [6.45, 7) is 1.97. The van der Waals surface area contributed by atoms with Crippen molar-refractivity contribution in [2.45, 2.75) is 13.3 Å². The van der Waals surface area contributed by atoms with E-state index in [9.17, 15) is 9.59 Å². The van der Waals surface area contributed by atoms with Gasteiger partial charge in [-0.25, -0.2) is 0 Å². The molecular formula is C13H16ClNO4. The first-order chi connectivity index (χ1) is 9.02. The Morgan fingerprint density at radius 2 is 2.11 bits per heavy atom. The molecule has 0 spiro atoms. The fourth-order valence-corrected chi connectivity index (χ4v) is 1.43. The summed E-state index contributed by atoms with van der Waals surface area (Å²) in [5.74, 6) is -0.0870. The molecule has 0 fully saturated rings. The van der Waals surface area contributed by atoms with Crippen LogP contribution in [-0.2, 0) is 14.3 Å². The normalized spacial score (nSPS) is 9.84. The number of methoxy groups -OCH3 is 1. The quantitative estimate of drug-likeness (QED) is 0.808. The Hall–Kier alpha value is -1.75. The van der Waals surface area contributed by atoms with E-state index in [-0.39, 0.29) is 31.4 Å². The topological polar surface area (TPSA) is 64.6 Å². The van der Waals surface area contributed by atoms with Gasteiger partial charge in [0.1, 0.15) is 5.75 Å². The summed E-state index contributed by atoms with van der Waals surface area (Å²) >= 11 is 5.88. The molecule has 1 N–H and O–H groups in total. The molecule has 0 aromatic heterocycles. The zero-order valence-electron chi connectivity index (χ0n) is 10.9. The highest BCUT2D eigenvalue weighted by Crippen LogP contribution is 2.20. The van der Waals surface area contributed by atoms with Crippen molar-refractivity contribution < 1.29 is 19.1 Å². The SMILES string of the molecule is COC(=O)CCNC(=O)COc1ccc(Cl)c(C)c1. The number of ether oxygens (including phenoxy) is 2. The molecule has 6 heteroatoms. The largest absolute Gasteiger partial charge is 0.484 e. The third-order valence-corrected chi connectivity index (χ3v) is 2.80. The number of aryl methyl sites for hydroxylation is 1. The Bertz CT molecular complexity index is 462. The Labute approximate surface area is 116 Å². The predicted molar refractivity (Wildman–Crippen MR) is 71.3 cm³/mol. The Kier molecular flexibility index (Phi) is 6.15. The third-order valence-electron chi connectivity index (χ3n) is 2.38. The van der Waals surface area contributed by atoms with E-state index < -0.39 is 0 Å². The van der Waals surface area contributed by atoms with Crippen LogP contribution in [0.1, 0.15) is 12.0 Å². The van der Waals surface area contributed by atoms with Gasteiger partial charge in [-0.1, -0.05) is 11.6 Å². The van der Waals surface area contributed by atoms with Crippen molar-refractivity contribution in [1.82, 2.24) is 5.32 Å². The molecule has 1 aromatic rings. The number of halogens is 1. The molecule has 1 aromatic carbocycles. The molecule has 104 valence electrons. The molecule has 0 aliphatic rings. The standard InChI is InChI=1S/C13H16ClNO4/c1-9-7-10(3-4-11(9)14)19-8-12(16)15-6-5-13(17)18-2/h3-4,7H,5-6,8H2,1-2H3,(H,15,16). The number of benzene rings is 1. The molecule has 0 radical (unpaired) electrons. The van der Waals surface area contributed by atoms with Crippen molar-refractivity contribution in [2.75, 3.05) is 20.3 Å². The number of hydrogen-bond acceptors (Lipinski definition) is 4. The molecule has 0 saturated carbocycles. The van der Waals surface area contributed by atoms with Gasteiger partial charge in [0.2, 0.25) is 0 Å². The van der Waals surface area contributed by atoms with Crippen molar-refractivity contribution in [2.24, 2.45) is 0 Å². The summed E-state index contributed by atoms with van der Waals surface area (Å²) in [6.07, 6.45) is 0.141. The number of nitrogens with one attached hydrogen (secondary N) is 1. The average Bonchev–Trinajstić information content (AvgIpc) is 2.40. The highest BCUT2D eigenvalue weighted by Gasteiger charge is 2.05. The number of rotatable bonds is 6. The smallest absolute Gasteiger partial charge is 0.307 e. The summed E-state index contributed by atoms with van der Waals surface area (Å²) in [5, 5.41) is 3.20. The van der Waals surface area contributed by atoms with E-state index in [4.69, 9.17) is 16.3 Å². The third kappa shape index (κ3) is 5.61. The van der Waals surface area contributed by atoms with Crippen LogP contribution in [0.4, 0.5) is 0 Å². The van der Waals surface area contributed by atoms with Gasteiger partial charge in [0.05, 0.1) is 13.5 Å². The number of esters is 1. The predicted octanol–water partition coefficient (Wildman–Crippen LogP) is 1.71. The summed E-state index contributed by atoms with van der Waals surface area (Å²) in [5.41, 5.74) is 0.880. The van der Waals surface area contributed by atoms with E-state index in [1.54, 1.807) is 18.2 Å². The lowest BCUT2D eigenvalue weighted by Crippen LogP contribution is -2.30. The summed E-state index contributed by atoms with van der Waals surface area (Å²) in [4.78, 5) is 22.2. The first-order valence-corrected chi connectivity index (χ1v) is 6.13. The second-order valence-electron chi connectivity index (χ2n) is 3.88. The minimum absolute atomic E-state index is 0.109. The fraction of sp³-hybridized carbons (Fsp3) is 0.385. The minimum atomic E-state index is -0.366. The van der Waals surface area contributed by atoms with Gasteiger partial charge in [-0.05, 0) is 30.7 Å². The molecule has 1 rings (SSSR count). The van der Waals surface area contributed by atoms with Crippen LogP contribution >= 0.6 is 11.6 Å². The molecule has 5 nitrogen and oxygen atoms in total. The molecule has 19 heavy (non-hydrogen) atoms. The van der Waals surface area contributed by atoms with Crippen LogP contribution in [-0.4, -0.2) is 32.1 Å². The van der Waals surface area contributed by atoms with Crippen molar-refractivity contribution in [3.05, 3.63) is 28.8 Å². The van der Waals surface area contributed by atoms with E-state index in [0.717, 1.165) is 5.56 Å². The molecular weight excluding hydrogens is 270 g/mol. The Morgan fingerprint density at radius 1 is 1.37 bits per heavy atom. The average molecular weight is 286 g/mol. The maximum Gasteiger partial charge on any atom is 0.307 e. The van der Waals surface area contributed by atoms with Crippen molar-refractivity contribution in [1.29, 1.82) is 0 Å². The zero-order chi connectivity index (χ0) is 14.3. The maximum atomic E-state index is 11.4. The van der Waals surface area contributed by atoms with Crippen LogP contribution in [0.15, 0.2) is 18.2 Å². The lowest BCUT2D eigenvalue weighted by Gasteiger charge is -2.08. The first kappa shape index (κ1) is 15.3. The molecule has 1 amide bonds. The van der Waals surface area contributed by atoms with Crippen LogP contribution in [0.5, 0.6) is 5.75 Å². The van der Waals surface area contributed by atoms with Crippen LogP contribution in [0.3, 0.4) is 0 Å². The zero-order valence-corrected chi connectivity index (χ0v) is 11.6. The van der Waals surface area contributed by atoms with Gasteiger partial charge in [0.15, 0.2) is 6.61 Å². The van der Waals surface area contributed by atoms with Crippen molar-refractivity contribution >= 4 is 23.5 Å². The van der Waals surface area contributed by atoms with Gasteiger partial charge in [-0.15, -0.1) is 0 Å². The molecule has 0 aliphatic carbocycles. The second-order valence-corrected chi connectivity index (χ2v) is 4.28. The van der Waals surface area contributed by atoms with Crippen LogP contribution in [0.2, 0.25) is 5.02 Å². The van der Waals surface area contributed by atoms with E-state index >= 15 is 0 Å². The van der Waals surface area contributed by atoms with Gasteiger partial charge in [-0.3, -0.25) is 9.59 Å². The number of hydrogen-bond donors (Lipinski definition) is 1. The minimum Gasteiger partial charge on any atom is -0.484 e. The first-order valence-electron chi connectivity index (χ1n) is 5.75. The number of amides is 1. The highest BCUT2D eigenvalue weighted by molar-refractivity contribution is 6.31. The van der Waals surface area contributed by atoms with Gasteiger partial charge in [0.25, 0.3) is 5.91 Å². The molecule has 0 unspecified atom stereocenters. The molecule has 0 atom stereocenters. The summed E-state index contributed by atoms with van der Waals surface area (Å²) < 4.78 is 9.75. The van der Waals surface area contributed by atoms with E-state index in [1.807, 2.05) is 6.92 Å². The molecule has 0 bridgehead atoms. The van der Waals surface area contributed by atoms with E-state index in [2.05, 4.69) is 10.1 Å². The van der Waals surface area contributed by atoms with Gasteiger partial charge < -0.3 is 14.8 Å².